The van der Waals surface area contributed by atoms with Crippen LogP contribution in [0.1, 0.15) is 72.3 Å². The fraction of sp³-hybridized carbons (Fsp3) is 0.346. The SMILES string of the molecule is O=C1C[C@@H](c2coc3ccccc3c2=O)c2c(ccc3c2OC2(CCCCC2)CC3=O)O1. The van der Waals surface area contributed by atoms with E-state index >= 15 is 0 Å². The van der Waals surface area contributed by atoms with Crippen LogP contribution >= 0.6 is 0 Å². The Labute approximate surface area is 184 Å². The van der Waals surface area contributed by atoms with E-state index in [9.17, 15) is 14.4 Å². The van der Waals surface area contributed by atoms with Gasteiger partial charge in [-0.05, 0) is 49.9 Å². The minimum Gasteiger partial charge on any atom is -0.486 e. The minimum atomic E-state index is -0.603. The highest BCUT2D eigenvalue weighted by Gasteiger charge is 2.45. The molecule has 1 atom stereocenters. The van der Waals surface area contributed by atoms with Gasteiger partial charge in [-0.3, -0.25) is 14.4 Å². The van der Waals surface area contributed by atoms with E-state index in [1.807, 2.05) is 0 Å². The van der Waals surface area contributed by atoms with Gasteiger partial charge in [-0.15, -0.1) is 0 Å². The van der Waals surface area contributed by atoms with Gasteiger partial charge in [0.05, 0.1) is 30.1 Å². The Morgan fingerprint density at radius 2 is 1.75 bits per heavy atom. The summed E-state index contributed by atoms with van der Waals surface area (Å²) >= 11 is 0. The Morgan fingerprint density at radius 1 is 0.938 bits per heavy atom. The van der Waals surface area contributed by atoms with E-state index in [4.69, 9.17) is 13.9 Å². The number of hydrogen-bond donors (Lipinski definition) is 0. The Kier molecular flexibility index (Phi) is 4.25. The van der Waals surface area contributed by atoms with Gasteiger partial charge in [0.25, 0.3) is 0 Å². The molecule has 3 aromatic rings. The van der Waals surface area contributed by atoms with Gasteiger partial charge in [0, 0.05) is 17.0 Å². The Balaban J connectivity index is 1.56. The van der Waals surface area contributed by atoms with Crippen LogP contribution in [0.4, 0.5) is 0 Å². The van der Waals surface area contributed by atoms with Crippen LogP contribution in [0.3, 0.4) is 0 Å². The van der Waals surface area contributed by atoms with Crippen LogP contribution in [-0.2, 0) is 4.79 Å². The first-order chi connectivity index (χ1) is 15.5. The second-order valence-electron chi connectivity index (χ2n) is 9.05. The van der Waals surface area contributed by atoms with Crippen LogP contribution < -0.4 is 14.9 Å². The second kappa shape index (κ2) is 7.05. The van der Waals surface area contributed by atoms with Crippen LogP contribution in [0.2, 0.25) is 0 Å². The van der Waals surface area contributed by atoms with E-state index in [-0.39, 0.29) is 17.6 Å². The number of carbonyl (C=O) groups is 2. The number of para-hydroxylation sites is 1. The zero-order chi connectivity index (χ0) is 21.9. The van der Waals surface area contributed by atoms with E-state index < -0.39 is 17.5 Å². The molecule has 1 aliphatic carbocycles. The average molecular weight is 430 g/mol. The molecule has 32 heavy (non-hydrogen) atoms. The van der Waals surface area contributed by atoms with Crippen molar-refractivity contribution < 1.29 is 23.5 Å². The van der Waals surface area contributed by atoms with Crippen LogP contribution in [0.15, 0.2) is 51.9 Å². The highest BCUT2D eigenvalue weighted by atomic mass is 16.5. The van der Waals surface area contributed by atoms with E-state index in [0.717, 1.165) is 32.1 Å². The highest BCUT2D eigenvalue weighted by Crippen LogP contribution is 2.50. The molecule has 1 spiro atoms. The summed E-state index contributed by atoms with van der Waals surface area (Å²) in [5, 5.41) is 0.455. The molecule has 0 amide bonds. The lowest BCUT2D eigenvalue weighted by Gasteiger charge is -2.42. The molecule has 1 aromatic heterocycles. The molecule has 1 fully saturated rings. The number of Topliss-reactive ketones (excluding diaryl/α,β-unsaturated/α-hetero) is 1. The molecule has 0 radical (unpaired) electrons. The molecule has 6 nitrogen and oxygen atoms in total. The topological polar surface area (TPSA) is 82.8 Å². The van der Waals surface area contributed by atoms with E-state index in [0.29, 0.717) is 45.6 Å². The number of carbonyl (C=O) groups excluding carboxylic acids is 2. The summed E-state index contributed by atoms with van der Waals surface area (Å²) in [5.74, 6) is -0.181. The van der Waals surface area contributed by atoms with Crippen molar-refractivity contribution in [2.24, 2.45) is 0 Å². The number of esters is 1. The molecule has 0 N–H and O–H groups in total. The fourth-order valence-corrected chi connectivity index (χ4v) is 5.48. The lowest BCUT2D eigenvalue weighted by Crippen LogP contribution is -2.44. The van der Waals surface area contributed by atoms with Gasteiger partial charge in [-0.1, -0.05) is 18.6 Å². The van der Waals surface area contributed by atoms with Gasteiger partial charge in [-0.25, -0.2) is 0 Å². The molecular formula is C26H22O6. The molecule has 3 heterocycles. The summed E-state index contributed by atoms with van der Waals surface area (Å²) < 4.78 is 17.9. The van der Waals surface area contributed by atoms with Crippen LogP contribution in [0.5, 0.6) is 11.5 Å². The van der Waals surface area contributed by atoms with Crippen molar-refractivity contribution >= 4 is 22.7 Å². The van der Waals surface area contributed by atoms with Crippen molar-refractivity contribution in [3.8, 4) is 11.5 Å². The Morgan fingerprint density at radius 3 is 2.59 bits per heavy atom. The molecule has 0 saturated heterocycles. The maximum Gasteiger partial charge on any atom is 0.312 e. The largest absolute Gasteiger partial charge is 0.486 e. The monoisotopic (exact) mass is 430 g/mol. The molecule has 0 bridgehead atoms. The van der Waals surface area contributed by atoms with Crippen molar-refractivity contribution in [1.82, 2.24) is 0 Å². The summed E-state index contributed by atoms with van der Waals surface area (Å²) in [7, 11) is 0. The average Bonchev–Trinajstić information content (AvgIpc) is 2.79. The summed E-state index contributed by atoms with van der Waals surface area (Å²) in [4.78, 5) is 38.9. The molecule has 2 aromatic carbocycles. The maximum absolute atomic E-state index is 13.4. The zero-order valence-electron chi connectivity index (χ0n) is 17.5. The highest BCUT2D eigenvalue weighted by molar-refractivity contribution is 6.01. The molecule has 6 heteroatoms. The number of fused-ring (bicyclic) bond motifs is 4. The first kappa shape index (κ1) is 19.3. The Bertz CT molecular complexity index is 1330. The third kappa shape index (κ3) is 2.89. The molecule has 2 aliphatic heterocycles. The quantitative estimate of drug-likeness (QED) is 0.403. The smallest absolute Gasteiger partial charge is 0.312 e. The normalized spacial score (nSPS) is 21.6. The molecule has 6 rings (SSSR count). The summed E-state index contributed by atoms with van der Waals surface area (Å²) in [6, 6.07) is 10.3. The molecule has 162 valence electrons. The summed E-state index contributed by atoms with van der Waals surface area (Å²) in [5.41, 5.74) is 1.24. The van der Waals surface area contributed by atoms with Crippen molar-refractivity contribution in [1.29, 1.82) is 0 Å². The lowest BCUT2D eigenvalue weighted by molar-refractivity contribution is -0.135. The van der Waals surface area contributed by atoms with Gasteiger partial charge in [0.2, 0.25) is 0 Å². The van der Waals surface area contributed by atoms with Gasteiger partial charge in [0.1, 0.15) is 22.7 Å². The van der Waals surface area contributed by atoms with Gasteiger partial charge < -0.3 is 13.9 Å². The van der Waals surface area contributed by atoms with Gasteiger partial charge in [-0.2, -0.15) is 0 Å². The third-order valence-electron chi connectivity index (χ3n) is 7.05. The fourth-order valence-electron chi connectivity index (χ4n) is 5.48. The molecule has 0 unspecified atom stereocenters. The van der Waals surface area contributed by atoms with Gasteiger partial charge >= 0.3 is 5.97 Å². The molecular weight excluding hydrogens is 408 g/mol. The van der Waals surface area contributed by atoms with Crippen molar-refractivity contribution in [3.05, 3.63) is 69.6 Å². The standard InChI is InChI=1S/C26H22O6/c27-19-13-26(10-4-1-5-11-26)32-25-15(19)8-9-21-23(25)17(12-22(28)31-21)18-14-30-20-7-3-2-6-16(20)24(18)29/h2-3,6-9,14,17H,1,4-5,10-13H2/t17-/m0/s1. The van der Waals surface area contributed by atoms with Gasteiger partial charge in [0.15, 0.2) is 11.2 Å². The number of benzene rings is 2. The molecule has 3 aliphatic rings. The van der Waals surface area contributed by atoms with Crippen LogP contribution in [-0.4, -0.2) is 17.4 Å². The number of ether oxygens (including phenoxy) is 2. The number of rotatable bonds is 1. The third-order valence-corrected chi connectivity index (χ3v) is 7.05. The van der Waals surface area contributed by atoms with Crippen LogP contribution in [0.25, 0.3) is 11.0 Å². The number of hydrogen-bond acceptors (Lipinski definition) is 6. The zero-order valence-corrected chi connectivity index (χ0v) is 17.5. The second-order valence-corrected chi connectivity index (χ2v) is 9.05. The maximum atomic E-state index is 13.4. The van der Waals surface area contributed by atoms with Crippen molar-refractivity contribution in [3.63, 3.8) is 0 Å². The van der Waals surface area contributed by atoms with Crippen molar-refractivity contribution in [2.75, 3.05) is 0 Å². The Hall–Kier alpha value is -3.41. The van der Waals surface area contributed by atoms with E-state index in [2.05, 4.69) is 0 Å². The lowest BCUT2D eigenvalue weighted by atomic mass is 9.76. The first-order valence-corrected chi connectivity index (χ1v) is 11.1. The van der Waals surface area contributed by atoms with E-state index in [1.165, 1.54) is 6.26 Å². The number of ketones is 1. The van der Waals surface area contributed by atoms with Crippen molar-refractivity contribution in [2.45, 2.75) is 56.5 Å². The predicted octanol–water partition coefficient (Wildman–Crippen LogP) is 4.90. The van der Waals surface area contributed by atoms with Crippen LogP contribution in [0, 0.1) is 0 Å². The predicted molar refractivity (Wildman–Crippen MR) is 116 cm³/mol. The summed E-state index contributed by atoms with van der Waals surface area (Å²) in [6.07, 6.45) is 6.59. The van der Waals surface area contributed by atoms with E-state index in [1.54, 1.807) is 36.4 Å². The molecule has 1 saturated carbocycles. The summed E-state index contributed by atoms with van der Waals surface area (Å²) in [6.45, 7) is 0. The first-order valence-electron chi connectivity index (χ1n) is 11.1. The minimum absolute atomic E-state index is 0.0168.